The van der Waals surface area contributed by atoms with Crippen molar-refractivity contribution in [2.24, 2.45) is 0 Å². The fourth-order valence-electron chi connectivity index (χ4n) is 1.38. The van der Waals surface area contributed by atoms with Crippen molar-refractivity contribution < 1.29 is 23.4 Å². The van der Waals surface area contributed by atoms with Gasteiger partial charge in [0.25, 0.3) is 6.43 Å². The van der Waals surface area contributed by atoms with Crippen molar-refractivity contribution in [2.75, 3.05) is 5.32 Å². The molecule has 2 N–H and O–H groups in total. The second kappa shape index (κ2) is 6.37. The van der Waals surface area contributed by atoms with Crippen molar-refractivity contribution in [2.45, 2.75) is 38.9 Å². The van der Waals surface area contributed by atoms with E-state index in [2.05, 4.69) is 5.32 Å². The minimum atomic E-state index is -2.93. The van der Waals surface area contributed by atoms with Crippen LogP contribution in [0.5, 0.6) is 0 Å². The maximum Gasteiger partial charge on any atom is 0.412 e. The largest absolute Gasteiger partial charge is 0.444 e. The smallest absolute Gasteiger partial charge is 0.412 e. The number of halogens is 3. The van der Waals surface area contributed by atoms with E-state index in [-0.39, 0.29) is 16.3 Å². The zero-order chi connectivity index (χ0) is 15.5. The van der Waals surface area contributed by atoms with Gasteiger partial charge in [0.05, 0.1) is 10.7 Å². The van der Waals surface area contributed by atoms with Crippen molar-refractivity contribution >= 4 is 23.4 Å². The van der Waals surface area contributed by atoms with Gasteiger partial charge >= 0.3 is 6.09 Å². The molecule has 0 bridgehead atoms. The fraction of sp³-hybridized carbons (Fsp3) is 0.462. The molecule has 0 aromatic heterocycles. The van der Waals surface area contributed by atoms with Crippen molar-refractivity contribution in [1.29, 1.82) is 0 Å². The third-order valence-electron chi connectivity index (χ3n) is 2.21. The number of carbonyl (C=O) groups excluding carboxylic acids is 1. The number of hydrogen-bond donors (Lipinski definition) is 2. The summed E-state index contributed by atoms with van der Waals surface area (Å²) in [5.41, 5.74) is -0.648. The maximum absolute atomic E-state index is 12.4. The number of amides is 1. The Balaban J connectivity index is 2.90. The number of alkyl halides is 2. The van der Waals surface area contributed by atoms with E-state index in [4.69, 9.17) is 16.3 Å². The fourth-order valence-corrected chi connectivity index (χ4v) is 1.55. The van der Waals surface area contributed by atoms with Crippen LogP contribution in [0, 0.1) is 0 Å². The molecule has 1 amide bonds. The summed E-state index contributed by atoms with van der Waals surface area (Å²) in [6, 6.07) is 3.76. The molecule has 0 aliphatic carbocycles. The lowest BCUT2D eigenvalue weighted by atomic mass is 10.1. The standard InChI is InChI=1S/C13H16ClF2NO3/c1-13(2,3)20-12(19)17-9-6-7(4-5-8(9)14)10(18)11(15)16/h4-6,10-11,18H,1-3H3,(H,17,19). The number of ether oxygens (including phenoxy) is 1. The highest BCUT2D eigenvalue weighted by Gasteiger charge is 2.21. The lowest BCUT2D eigenvalue weighted by Crippen LogP contribution is -2.27. The van der Waals surface area contributed by atoms with Crippen LogP contribution in [-0.4, -0.2) is 23.2 Å². The monoisotopic (exact) mass is 307 g/mol. The molecule has 0 saturated heterocycles. The Morgan fingerprint density at radius 3 is 2.50 bits per heavy atom. The Morgan fingerprint density at radius 2 is 2.00 bits per heavy atom. The summed E-state index contributed by atoms with van der Waals surface area (Å²) in [5, 5.41) is 11.8. The number of rotatable bonds is 3. The van der Waals surface area contributed by atoms with Crippen LogP contribution in [-0.2, 0) is 4.74 Å². The molecule has 1 aromatic carbocycles. The molecule has 20 heavy (non-hydrogen) atoms. The third kappa shape index (κ3) is 4.94. The minimum Gasteiger partial charge on any atom is -0.444 e. The van der Waals surface area contributed by atoms with Gasteiger partial charge in [0, 0.05) is 0 Å². The van der Waals surface area contributed by atoms with Gasteiger partial charge in [-0.1, -0.05) is 17.7 Å². The summed E-state index contributed by atoms with van der Waals surface area (Å²) < 4.78 is 29.9. The molecular formula is C13H16ClF2NO3. The molecule has 0 aliphatic rings. The zero-order valence-electron chi connectivity index (χ0n) is 11.3. The first kappa shape index (κ1) is 16.7. The highest BCUT2D eigenvalue weighted by molar-refractivity contribution is 6.33. The van der Waals surface area contributed by atoms with Gasteiger partial charge in [-0.05, 0) is 38.5 Å². The molecule has 0 spiro atoms. The van der Waals surface area contributed by atoms with E-state index in [0.717, 1.165) is 0 Å². The molecule has 0 fully saturated rings. The summed E-state index contributed by atoms with van der Waals surface area (Å²) >= 11 is 5.86. The summed E-state index contributed by atoms with van der Waals surface area (Å²) in [6.45, 7) is 5.06. The molecule has 1 aromatic rings. The number of anilines is 1. The Bertz CT molecular complexity index is 489. The molecule has 112 valence electrons. The molecule has 1 atom stereocenters. The molecule has 0 radical (unpaired) electrons. The summed E-state index contributed by atoms with van der Waals surface area (Å²) in [5.74, 6) is 0. The van der Waals surface area contributed by atoms with E-state index in [1.54, 1.807) is 20.8 Å². The molecule has 0 saturated carbocycles. The van der Waals surface area contributed by atoms with Crippen LogP contribution in [0.15, 0.2) is 18.2 Å². The number of carbonyl (C=O) groups is 1. The van der Waals surface area contributed by atoms with Crippen LogP contribution in [0.25, 0.3) is 0 Å². The Labute approximate surface area is 120 Å². The summed E-state index contributed by atoms with van der Waals surface area (Å²) in [4.78, 5) is 11.6. The average molecular weight is 308 g/mol. The van der Waals surface area contributed by atoms with Gasteiger partial charge < -0.3 is 9.84 Å². The second-order valence-corrected chi connectivity index (χ2v) is 5.55. The van der Waals surface area contributed by atoms with E-state index < -0.39 is 24.2 Å². The predicted octanol–water partition coefficient (Wildman–Crippen LogP) is 3.99. The first-order valence-electron chi connectivity index (χ1n) is 5.86. The Morgan fingerprint density at radius 1 is 1.40 bits per heavy atom. The highest BCUT2D eigenvalue weighted by atomic mass is 35.5. The quantitative estimate of drug-likeness (QED) is 0.888. The van der Waals surface area contributed by atoms with Crippen molar-refractivity contribution in [1.82, 2.24) is 0 Å². The number of nitrogens with one attached hydrogen (secondary N) is 1. The molecule has 1 unspecified atom stereocenters. The molecule has 7 heteroatoms. The SMILES string of the molecule is CC(C)(C)OC(=O)Nc1cc(C(O)C(F)F)ccc1Cl. The van der Waals surface area contributed by atoms with E-state index in [0.29, 0.717) is 0 Å². The lowest BCUT2D eigenvalue weighted by molar-refractivity contribution is -0.00574. The van der Waals surface area contributed by atoms with Crippen LogP contribution in [0.3, 0.4) is 0 Å². The van der Waals surface area contributed by atoms with E-state index in [1.165, 1.54) is 18.2 Å². The van der Waals surface area contributed by atoms with Crippen LogP contribution in [0.1, 0.15) is 32.4 Å². The molecule has 0 aliphatic heterocycles. The van der Waals surface area contributed by atoms with E-state index in [1.807, 2.05) is 0 Å². The minimum absolute atomic E-state index is 0.0459. The zero-order valence-corrected chi connectivity index (χ0v) is 12.0. The van der Waals surface area contributed by atoms with Crippen molar-refractivity contribution in [3.05, 3.63) is 28.8 Å². The van der Waals surface area contributed by atoms with Crippen molar-refractivity contribution in [3.63, 3.8) is 0 Å². The topological polar surface area (TPSA) is 58.6 Å². The van der Waals surface area contributed by atoms with Crippen LogP contribution < -0.4 is 5.32 Å². The predicted molar refractivity (Wildman–Crippen MR) is 72.3 cm³/mol. The number of aliphatic hydroxyl groups excluding tert-OH is 1. The number of aliphatic hydroxyl groups is 1. The van der Waals surface area contributed by atoms with Crippen LogP contribution in [0.4, 0.5) is 19.3 Å². The number of hydrogen-bond acceptors (Lipinski definition) is 3. The lowest BCUT2D eigenvalue weighted by Gasteiger charge is -2.20. The van der Waals surface area contributed by atoms with Crippen LogP contribution in [0.2, 0.25) is 5.02 Å². The summed E-state index contributed by atoms with van der Waals surface area (Å²) in [7, 11) is 0. The average Bonchev–Trinajstić information content (AvgIpc) is 2.28. The highest BCUT2D eigenvalue weighted by Crippen LogP contribution is 2.28. The van der Waals surface area contributed by atoms with Crippen molar-refractivity contribution in [3.8, 4) is 0 Å². The van der Waals surface area contributed by atoms with Gasteiger partial charge in [-0.25, -0.2) is 13.6 Å². The van der Waals surface area contributed by atoms with Gasteiger partial charge in [0.1, 0.15) is 11.7 Å². The third-order valence-corrected chi connectivity index (χ3v) is 2.54. The molecule has 4 nitrogen and oxygen atoms in total. The van der Waals surface area contributed by atoms with Gasteiger partial charge in [-0.2, -0.15) is 0 Å². The first-order chi connectivity index (χ1) is 9.10. The van der Waals surface area contributed by atoms with E-state index >= 15 is 0 Å². The van der Waals surface area contributed by atoms with Gasteiger partial charge in [-0.3, -0.25) is 5.32 Å². The molecule has 0 heterocycles. The molecule has 1 rings (SSSR count). The molecular weight excluding hydrogens is 292 g/mol. The van der Waals surface area contributed by atoms with Crippen LogP contribution >= 0.6 is 11.6 Å². The van der Waals surface area contributed by atoms with E-state index in [9.17, 15) is 18.7 Å². The summed E-state index contributed by atoms with van der Waals surface area (Å²) in [6.07, 6.45) is -5.62. The van der Waals surface area contributed by atoms with Gasteiger partial charge in [-0.15, -0.1) is 0 Å². The Kier molecular flexibility index (Phi) is 5.30. The second-order valence-electron chi connectivity index (χ2n) is 5.15. The maximum atomic E-state index is 12.4. The first-order valence-corrected chi connectivity index (χ1v) is 6.23. The number of benzene rings is 1. The van der Waals surface area contributed by atoms with Gasteiger partial charge in [0.15, 0.2) is 0 Å². The normalized spacial score (nSPS) is 13.2. The van der Waals surface area contributed by atoms with Gasteiger partial charge in [0.2, 0.25) is 0 Å². The Hall–Kier alpha value is -1.40.